The highest BCUT2D eigenvalue weighted by Gasteiger charge is 2.16. The first-order valence-electron chi connectivity index (χ1n) is 4.77. The number of anilines is 1. The van der Waals surface area contributed by atoms with E-state index in [0.29, 0.717) is 22.9 Å². The van der Waals surface area contributed by atoms with Crippen LogP contribution in [0.5, 0.6) is 11.5 Å². The standard InChI is InChI=1S/C10H12N2O3S/c11-7(4-16)10(13)12-6-1-2-8-9(3-6)15-5-14-8/h1-3,7,16H,4-5,11H2,(H,12,13). The Morgan fingerprint density at radius 1 is 1.50 bits per heavy atom. The number of nitrogens with one attached hydrogen (secondary N) is 1. The lowest BCUT2D eigenvalue weighted by Crippen LogP contribution is -2.37. The van der Waals surface area contributed by atoms with Gasteiger partial charge in [-0.3, -0.25) is 4.79 Å². The number of carbonyl (C=O) groups is 1. The molecular weight excluding hydrogens is 228 g/mol. The number of amides is 1. The van der Waals surface area contributed by atoms with E-state index in [1.807, 2.05) is 0 Å². The number of ether oxygens (including phenoxy) is 2. The van der Waals surface area contributed by atoms with Gasteiger partial charge in [0.25, 0.3) is 0 Å². The third kappa shape index (κ3) is 2.23. The van der Waals surface area contributed by atoms with Crippen molar-refractivity contribution in [2.75, 3.05) is 17.9 Å². The molecule has 2 rings (SSSR count). The summed E-state index contributed by atoms with van der Waals surface area (Å²) in [6.45, 7) is 0.211. The van der Waals surface area contributed by atoms with Crippen LogP contribution in [0.3, 0.4) is 0 Å². The van der Waals surface area contributed by atoms with Crippen LogP contribution in [0.25, 0.3) is 0 Å². The van der Waals surface area contributed by atoms with E-state index >= 15 is 0 Å². The van der Waals surface area contributed by atoms with Gasteiger partial charge in [-0.15, -0.1) is 0 Å². The summed E-state index contributed by atoms with van der Waals surface area (Å²) in [5.74, 6) is 1.33. The number of nitrogens with two attached hydrogens (primary N) is 1. The largest absolute Gasteiger partial charge is 0.454 e. The van der Waals surface area contributed by atoms with Crippen LogP contribution in [0, 0.1) is 0 Å². The quantitative estimate of drug-likeness (QED) is 0.677. The molecule has 0 aliphatic carbocycles. The molecule has 0 aromatic heterocycles. The Kier molecular flexibility index (Phi) is 3.21. The Labute approximate surface area is 98.3 Å². The molecule has 0 saturated heterocycles. The van der Waals surface area contributed by atoms with Gasteiger partial charge in [0, 0.05) is 17.5 Å². The van der Waals surface area contributed by atoms with Gasteiger partial charge in [-0.25, -0.2) is 0 Å². The maximum atomic E-state index is 11.5. The molecule has 0 saturated carbocycles. The van der Waals surface area contributed by atoms with Crippen molar-refractivity contribution in [3.8, 4) is 11.5 Å². The van der Waals surface area contributed by atoms with Gasteiger partial charge in [-0.1, -0.05) is 0 Å². The van der Waals surface area contributed by atoms with E-state index in [0.717, 1.165) is 0 Å². The predicted molar refractivity (Wildman–Crippen MR) is 63.0 cm³/mol. The minimum Gasteiger partial charge on any atom is -0.454 e. The third-order valence-corrected chi connectivity index (χ3v) is 2.57. The number of hydrogen-bond acceptors (Lipinski definition) is 5. The van der Waals surface area contributed by atoms with Crippen LogP contribution in [0.15, 0.2) is 18.2 Å². The minimum atomic E-state index is -0.617. The van der Waals surface area contributed by atoms with Crippen molar-refractivity contribution < 1.29 is 14.3 Å². The topological polar surface area (TPSA) is 73.6 Å². The average Bonchev–Trinajstić information content (AvgIpc) is 2.75. The summed E-state index contributed by atoms with van der Waals surface area (Å²) >= 11 is 3.96. The zero-order valence-corrected chi connectivity index (χ0v) is 9.37. The Morgan fingerprint density at radius 2 is 2.25 bits per heavy atom. The molecule has 0 radical (unpaired) electrons. The summed E-state index contributed by atoms with van der Waals surface area (Å²) in [5.41, 5.74) is 6.16. The molecule has 6 heteroatoms. The predicted octanol–water partition coefficient (Wildman–Crippen LogP) is 0.611. The SMILES string of the molecule is NC(CS)C(=O)Nc1ccc2c(c1)OCO2. The van der Waals surface area contributed by atoms with Gasteiger partial charge in [0.2, 0.25) is 12.7 Å². The van der Waals surface area contributed by atoms with Gasteiger partial charge < -0.3 is 20.5 Å². The van der Waals surface area contributed by atoms with Crippen molar-refractivity contribution in [1.82, 2.24) is 0 Å². The van der Waals surface area contributed by atoms with Crippen molar-refractivity contribution >= 4 is 24.2 Å². The number of carbonyl (C=O) groups excluding carboxylic acids is 1. The summed E-state index contributed by atoms with van der Waals surface area (Å²) in [7, 11) is 0. The summed E-state index contributed by atoms with van der Waals surface area (Å²) < 4.78 is 10.3. The van der Waals surface area contributed by atoms with Gasteiger partial charge in [0.15, 0.2) is 11.5 Å². The molecule has 1 heterocycles. The van der Waals surface area contributed by atoms with Gasteiger partial charge in [-0.2, -0.15) is 12.6 Å². The molecule has 86 valence electrons. The molecule has 1 aliphatic heterocycles. The number of rotatable bonds is 3. The molecule has 0 bridgehead atoms. The molecule has 1 aliphatic rings. The Balaban J connectivity index is 2.08. The molecule has 16 heavy (non-hydrogen) atoms. The summed E-state index contributed by atoms with van der Waals surface area (Å²) in [5, 5.41) is 2.67. The van der Waals surface area contributed by atoms with Gasteiger partial charge in [-0.05, 0) is 12.1 Å². The van der Waals surface area contributed by atoms with E-state index < -0.39 is 6.04 Å². The fourth-order valence-corrected chi connectivity index (χ4v) is 1.46. The summed E-state index contributed by atoms with van der Waals surface area (Å²) in [4.78, 5) is 11.5. The van der Waals surface area contributed by atoms with Crippen LogP contribution in [-0.4, -0.2) is 24.5 Å². The van der Waals surface area contributed by atoms with Gasteiger partial charge in [0.1, 0.15) is 0 Å². The van der Waals surface area contributed by atoms with Crippen LogP contribution < -0.4 is 20.5 Å². The van der Waals surface area contributed by atoms with Gasteiger partial charge >= 0.3 is 0 Å². The number of hydrogen-bond donors (Lipinski definition) is 3. The normalized spacial score (nSPS) is 14.6. The molecule has 1 amide bonds. The molecular formula is C10H12N2O3S. The van der Waals surface area contributed by atoms with Crippen LogP contribution in [-0.2, 0) is 4.79 Å². The van der Waals surface area contributed by atoms with E-state index in [9.17, 15) is 4.79 Å². The fourth-order valence-electron chi connectivity index (χ4n) is 1.29. The second kappa shape index (κ2) is 4.63. The molecule has 1 atom stereocenters. The van der Waals surface area contributed by atoms with Crippen LogP contribution in [0.4, 0.5) is 5.69 Å². The molecule has 1 aromatic rings. The number of thiol groups is 1. The smallest absolute Gasteiger partial charge is 0.242 e. The number of fused-ring (bicyclic) bond motifs is 1. The zero-order chi connectivity index (χ0) is 11.5. The van der Waals surface area contributed by atoms with E-state index in [1.165, 1.54) is 0 Å². The highest BCUT2D eigenvalue weighted by Crippen LogP contribution is 2.34. The van der Waals surface area contributed by atoms with Gasteiger partial charge in [0.05, 0.1) is 6.04 Å². The summed E-state index contributed by atoms with van der Waals surface area (Å²) in [6, 6.07) is 4.56. The average molecular weight is 240 g/mol. The zero-order valence-electron chi connectivity index (χ0n) is 8.47. The molecule has 1 aromatic carbocycles. The Morgan fingerprint density at radius 3 is 3.00 bits per heavy atom. The van der Waals surface area contributed by atoms with Crippen LogP contribution >= 0.6 is 12.6 Å². The van der Waals surface area contributed by atoms with E-state index in [1.54, 1.807) is 18.2 Å². The first-order chi connectivity index (χ1) is 7.70. The number of benzene rings is 1. The monoisotopic (exact) mass is 240 g/mol. The Hall–Kier alpha value is -1.40. The maximum absolute atomic E-state index is 11.5. The molecule has 5 nitrogen and oxygen atoms in total. The second-order valence-corrected chi connectivity index (χ2v) is 3.71. The Bertz CT molecular complexity index is 411. The van der Waals surface area contributed by atoms with Crippen molar-refractivity contribution in [1.29, 1.82) is 0 Å². The maximum Gasteiger partial charge on any atom is 0.242 e. The lowest BCUT2D eigenvalue weighted by molar-refractivity contribution is -0.116. The second-order valence-electron chi connectivity index (χ2n) is 3.35. The van der Waals surface area contributed by atoms with Crippen molar-refractivity contribution in [2.45, 2.75) is 6.04 Å². The first-order valence-corrected chi connectivity index (χ1v) is 5.41. The lowest BCUT2D eigenvalue weighted by Gasteiger charge is -2.09. The van der Waals surface area contributed by atoms with Crippen molar-refractivity contribution in [2.24, 2.45) is 5.73 Å². The highest BCUT2D eigenvalue weighted by molar-refractivity contribution is 7.80. The first kappa shape index (κ1) is 11.1. The molecule has 3 N–H and O–H groups in total. The van der Waals surface area contributed by atoms with E-state index in [-0.39, 0.29) is 12.7 Å². The highest BCUT2D eigenvalue weighted by atomic mass is 32.1. The van der Waals surface area contributed by atoms with E-state index in [4.69, 9.17) is 15.2 Å². The lowest BCUT2D eigenvalue weighted by atomic mass is 10.2. The van der Waals surface area contributed by atoms with Crippen LogP contribution in [0.2, 0.25) is 0 Å². The van der Waals surface area contributed by atoms with Crippen LogP contribution in [0.1, 0.15) is 0 Å². The molecule has 0 spiro atoms. The fraction of sp³-hybridized carbons (Fsp3) is 0.300. The summed E-state index contributed by atoms with van der Waals surface area (Å²) in [6.07, 6.45) is 0. The minimum absolute atomic E-state index is 0.211. The molecule has 1 unspecified atom stereocenters. The van der Waals surface area contributed by atoms with Crippen molar-refractivity contribution in [3.63, 3.8) is 0 Å². The van der Waals surface area contributed by atoms with E-state index in [2.05, 4.69) is 17.9 Å². The molecule has 0 fully saturated rings. The van der Waals surface area contributed by atoms with Crippen molar-refractivity contribution in [3.05, 3.63) is 18.2 Å². The third-order valence-electron chi connectivity index (χ3n) is 2.17.